The molecule has 4 heteroatoms. The minimum atomic E-state index is -0.307. The topological polar surface area (TPSA) is 27.1 Å². The van der Waals surface area contributed by atoms with Crippen molar-refractivity contribution >= 4 is 0 Å². The zero-order chi connectivity index (χ0) is 14.9. The Labute approximate surface area is 119 Å². The third kappa shape index (κ3) is 2.84. The van der Waals surface area contributed by atoms with E-state index in [0.717, 1.165) is 11.5 Å². The molecule has 0 bridgehead atoms. The van der Waals surface area contributed by atoms with Gasteiger partial charge in [-0.2, -0.15) is 0 Å². The number of nitrogens with zero attached hydrogens (tertiary/aromatic N) is 2. The Morgan fingerprint density at radius 3 is 2.55 bits per heavy atom. The minimum absolute atomic E-state index is 0.231. The second-order valence-corrected chi connectivity index (χ2v) is 6.03. The second kappa shape index (κ2) is 5.27. The van der Waals surface area contributed by atoms with E-state index in [1.54, 1.807) is 18.3 Å². The summed E-state index contributed by atoms with van der Waals surface area (Å²) in [5.74, 6) is 1.18. The maximum absolute atomic E-state index is 14.1. The lowest BCUT2D eigenvalue weighted by atomic mass is 9.86. The van der Waals surface area contributed by atoms with Gasteiger partial charge in [0, 0.05) is 24.5 Å². The fourth-order valence-electron chi connectivity index (χ4n) is 2.17. The second-order valence-electron chi connectivity index (χ2n) is 6.03. The van der Waals surface area contributed by atoms with Gasteiger partial charge in [0.15, 0.2) is 0 Å². The molecule has 1 aromatic heterocycles. The fraction of sp³-hybridized carbons (Fsp3) is 0.438. The highest BCUT2D eigenvalue weighted by atomic mass is 19.1. The van der Waals surface area contributed by atoms with Crippen LogP contribution < -0.4 is 4.74 Å². The third-order valence-corrected chi connectivity index (χ3v) is 3.40. The van der Waals surface area contributed by atoms with Crippen molar-refractivity contribution in [2.75, 3.05) is 0 Å². The maximum Gasteiger partial charge on any atom is 0.146 e. The van der Waals surface area contributed by atoms with Gasteiger partial charge in [0.25, 0.3) is 0 Å². The number of ether oxygens (including phenoxy) is 1. The molecular weight excluding hydrogens is 255 g/mol. The molecule has 0 aliphatic carbocycles. The highest BCUT2D eigenvalue weighted by Crippen LogP contribution is 2.33. The Morgan fingerprint density at radius 2 is 2.00 bits per heavy atom. The normalized spacial score (nSPS) is 11.7. The van der Waals surface area contributed by atoms with E-state index in [-0.39, 0.29) is 11.2 Å². The SMILES string of the molecule is Cc1cnc(COc2cccc(F)c2C(C)(C)C)n1C. The summed E-state index contributed by atoms with van der Waals surface area (Å²) in [6.07, 6.45) is 1.80. The predicted octanol–water partition coefficient (Wildman–Crippen LogP) is 3.74. The first-order chi connectivity index (χ1) is 9.30. The molecule has 0 saturated heterocycles. The van der Waals surface area contributed by atoms with Crippen molar-refractivity contribution in [3.63, 3.8) is 0 Å². The van der Waals surface area contributed by atoms with Crippen LogP contribution in [0.2, 0.25) is 0 Å². The lowest BCUT2D eigenvalue weighted by Crippen LogP contribution is -2.16. The lowest BCUT2D eigenvalue weighted by Gasteiger charge is -2.23. The molecule has 108 valence electrons. The van der Waals surface area contributed by atoms with Crippen molar-refractivity contribution in [3.05, 3.63) is 47.3 Å². The lowest BCUT2D eigenvalue weighted by molar-refractivity contribution is 0.281. The molecule has 0 saturated carbocycles. The average molecular weight is 276 g/mol. The Kier molecular flexibility index (Phi) is 3.84. The predicted molar refractivity (Wildman–Crippen MR) is 77.4 cm³/mol. The van der Waals surface area contributed by atoms with E-state index in [1.807, 2.05) is 39.3 Å². The molecule has 1 heterocycles. The van der Waals surface area contributed by atoms with Crippen LogP contribution in [0.5, 0.6) is 5.75 Å². The van der Waals surface area contributed by atoms with Crippen molar-refractivity contribution in [1.29, 1.82) is 0 Å². The molecule has 0 unspecified atom stereocenters. The van der Waals surface area contributed by atoms with Gasteiger partial charge in [-0.3, -0.25) is 0 Å². The van der Waals surface area contributed by atoms with Gasteiger partial charge >= 0.3 is 0 Å². The summed E-state index contributed by atoms with van der Waals surface area (Å²) >= 11 is 0. The summed E-state index contributed by atoms with van der Waals surface area (Å²) in [6, 6.07) is 4.95. The summed E-state index contributed by atoms with van der Waals surface area (Å²) in [4.78, 5) is 4.29. The van der Waals surface area contributed by atoms with Gasteiger partial charge in [-0.05, 0) is 24.5 Å². The maximum atomic E-state index is 14.1. The number of hydrogen-bond acceptors (Lipinski definition) is 2. The monoisotopic (exact) mass is 276 g/mol. The number of aryl methyl sites for hydroxylation is 1. The molecule has 0 N–H and O–H groups in total. The van der Waals surface area contributed by atoms with Gasteiger partial charge in [0.05, 0.1) is 0 Å². The first kappa shape index (κ1) is 14.6. The van der Waals surface area contributed by atoms with Gasteiger partial charge in [0.2, 0.25) is 0 Å². The van der Waals surface area contributed by atoms with E-state index >= 15 is 0 Å². The number of imidazole rings is 1. The summed E-state index contributed by atoms with van der Waals surface area (Å²) in [5.41, 5.74) is 1.36. The summed E-state index contributed by atoms with van der Waals surface area (Å²) in [5, 5.41) is 0. The molecule has 0 radical (unpaired) electrons. The van der Waals surface area contributed by atoms with Crippen LogP contribution in [-0.4, -0.2) is 9.55 Å². The average Bonchev–Trinajstić information content (AvgIpc) is 2.66. The highest BCUT2D eigenvalue weighted by molar-refractivity contribution is 5.39. The van der Waals surface area contributed by atoms with Crippen molar-refractivity contribution in [3.8, 4) is 5.75 Å². The molecule has 20 heavy (non-hydrogen) atoms. The van der Waals surface area contributed by atoms with Crippen LogP contribution in [0.25, 0.3) is 0 Å². The van der Waals surface area contributed by atoms with E-state index < -0.39 is 0 Å². The van der Waals surface area contributed by atoms with Crippen LogP contribution in [0.15, 0.2) is 24.4 Å². The standard InChI is InChI=1S/C16H21FN2O/c1-11-9-18-14(19(11)5)10-20-13-8-6-7-12(17)15(13)16(2,3)4/h6-9H,10H2,1-5H3. The quantitative estimate of drug-likeness (QED) is 0.853. The number of hydrogen-bond donors (Lipinski definition) is 0. The Morgan fingerprint density at radius 1 is 1.30 bits per heavy atom. The first-order valence-electron chi connectivity index (χ1n) is 6.69. The number of rotatable bonds is 3. The van der Waals surface area contributed by atoms with Crippen molar-refractivity contribution in [1.82, 2.24) is 9.55 Å². The molecule has 3 nitrogen and oxygen atoms in total. The van der Waals surface area contributed by atoms with Gasteiger partial charge in [-0.25, -0.2) is 9.37 Å². The van der Waals surface area contributed by atoms with Gasteiger partial charge < -0.3 is 9.30 Å². The van der Waals surface area contributed by atoms with E-state index in [0.29, 0.717) is 17.9 Å². The van der Waals surface area contributed by atoms with Crippen LogP contribution in [0, 0.1) is 12.7 Å². The van der Waals surface area contributed by atoms with Crippen LogP contribution in [0.3, 0.4) is 0 Å². The molecule has 1 aromatic carbocycles. The zero-order valence-corrected chi connectivity index (χ0v) is 12.7. The number of benzene rings is 1. The van der Waals surface area contributed by atoms with Gasteiger partial charge in [0.1, 0.15) is 24.0 Å². The van der Waals surface area contributed by atoms with Crippen LogP contribution in [0.1, 0.15) is 37.9 Å². The van der Waals surface area contributed by atoms with E-state index in [2.05, 4.69) is 4.98 Å². The first-order valence-corrected chi connectivity index (χ1v) is 6.69. The van der Waals surface area contributed by atoms with Crippen LogP contribution in [0.4, 0.5) is 4.39 Å². The largest absolute Gasteiger partial charge is 0.485 e. The van der Waals surface area contributed by atoms with Crippen LogP contribution >= 0.6 is 0 Å². The molecule has 2 rings (SSSR count). The van der Waals surface area contributed by atoms with Crippen molar-refractivity contribution < 1.29 is 9.13 Å². The summed E-state index contributed by atoms with van der Waals surface area (Å²) in [7, 11) is 1.94. The molecule has 0 aliphatic heterocycles. The third-order valence-electron chi connectivity index (χ3n) is 3.40. The van der Waals surface area contributed by atoms with Crippen molar-refractivity contribution in [2.24, 2.45) is 7.05 Å². The molecule has 0 fully saturated rings. The van der Waals surface area contributed by atoms with E-state index in [1.165, 1.54) is 6.07 Å². The fourth-order valence-corrected chi connectivity index (χ4v) is 2.17. The van der Waals surface area contributed by atoms with Gasteiger partial charge in [-0.15, -0.1) is 0 Å². The minimum Gasteiger partial charge on any atom is -0.485 e. The Bertz CT molecular complexity index is 611. The summed E-state index contributed by atoms with van der Waals surface area (Å²) in [6.45, 7) is 8.24. The molecule has 0 spiro atoms. The van der Waals surface area contributed by atoms with Gasteiger partial charge in [-0.1, -0.05) is 26.8 Å². The molecule has 0 atom stereocenters. The molecule has 0 aliphatic rings. The Balaban J connectivity index is 2.26. The number of halogens is 1. The van der Waals surface area contributed by atoms with Crippen LogP contribution in [-0.2, 0) is 19.1 Å². The summed E-state index contributed by atoms with van der Waals surface area (Å²) < 4.78 is 21.8. The highest BCUT2D eigenvalue weighted by Gasteiger charge is 2.23. The Hall–Kier alpha value is -1.84. The van der Waals surface area contributed by atoms with E-state index in [4.69, 9.17) is 4.74 Å². The molecule has 2 aromatic rings. The zero-order valence-electron chi connectivity index (χ0n) is 12.7. The molecular formula is C16H21FN2O. The van der Waals surface area contributed by atoms with Crippen molar-refractivity contribution in [2.45, 2.75) is 39.7 Å². The molecule has 0 amide bonds. The number of aromatic nitrogens is 2. The van der Waals surface area contributed by atoms with E-state index in [9.17, 15) is 4.39 Å². The smallest absolute Gasteiger partial charge is 0.146 e.